The highest BCUT2D eigenvalue weighted by atomic mass is 14.7. The lowest BCUT2D eigenvalue weighted by Gasteiger charge is -2.08. The Morgan fingerprint density at radius 3 is 1.95 bits per heavy atom. The smallest absolute Gasteiger partial charge is 0.0435 e. The molecule has 2 heteroatoms. The first kappa shape index (κ1) is 17.4. The Balaban J connectivity index is 0.000000219. The molecule has 0 saturated heterocycles. The number of hydrogen-bond acceptors (Lipinski definition) is 2. The van der Waals surface area contributed by atoms with Crippen molar-refractivity contribution in [1.82, 2.24) is 9.97 Å². The molecule has 0 N–H and O–H groups in total. The van der Waals surface area contributed by atoms with Gasteiger partial charge in [-0.25, -0.2) is 0 Å². The van der Waals surface area contributed by atoms with Crippen molar-refractivity contribution in [2.24, 2.45) is 0 Å². The van der Waals surface area contributed by atoms with Gasteiger partial charge in [-0.05, 0) is 74.4 Å². The van der Waals surface area contributed by atoms with E-state index < -0.39 is 0 Å². The van der Waals surface area contributed by atoms with Crippen LogP contribution in [0.25, 0.3) is 0 Å². The van der Waals surface area contributed by atoms with Crippen LogP contribution in [-0.2, 0) is 19.3 Å². The van der Waals surface area contributed by atoms with Crippen LogP contribution in [0.15, 0.2) is 24.5 Å². The molecule has 0 aliphatic heterocycles. The minimum absolute atomic E-state index is 1.05. The fourth-order valence-electron chi connectivity index (χ4n) is 2.42. The van der Waals surface area contributed by atoms with Gasteiger partial charge in [0.05, 0.1) is 0 Å². The molecule has 0 amide bonds. The Hall–Kier alpha value is -1.70. The van der Waals surface area contributed by atoms with Crippen molar-refractivity contribution in [2.45, 2.75) is 60.8 Å². The summed E-state index contributed by atoms with van der Waals surface area (Å²) in [6.07, 6.45) is 7.06. The van der Waals surface area contributed by atoms with Gasteiger partial charge >= 0.3 is 0 Å². The van der Waals surface area contributed by atoms with Crippen molar-refractivity contribution in [3.8, 4) is 0 Å². The van der Waals surface area contributed by atoms with E-state index in [1.165, 1.54) is 27.9 Å². The number of pyridine rings is 2. The molecule has 21 heavy (non-hydrogen) atoms. The van der Waals surface area contributed by atoms with Crippen molar-refractivity contribution in [3.63, 3.8) is 0 Å². The van der Waals surface area contributed by atoms with Gasteiger partial charge in [0, 0.05) is 23.8 Å². The highest BCUT2D eigenvalue weighted by molar-refractivity contribution is 5.30. The molecule has 2 nitrogen and oxygen atoms in total. The highest BCUT2D eigenvalue weighted by Gasteiger charge is 2.03. The third-order valence-corrected chi connectivity index (χ3v) is 4.04. The van der Waals surface area contributed by atoms with Crippen LogP contribution in [-0.4, -0.2) is 9.97 Å². The molecule has 0 aliphatic carbocycles. The van der Waals surface area contributed by atoms with Gasteiger partial charge in [0.15, 0.2) is 0 Å². The molecule has 0 aliphatic rings. The van der Waals surface area contributed by atoms with Gasteiger partial charge in [-0.2, -0.15) is 0 Å². The molecule has 0 bridgehead atoms. The SMILES string of the molecule is CCc1ccnc(CC)c1CC.Cc1ccnc(C)c1C. The summed E-state index contributed by atoms with van der Waals surface area (Å²) in [6.45, 7) is 12.8. The molecule has 0 spiro atoms. The summed E-state index contributed by atoms with van der Waals surface area (Å²) in [5, 5.41) is 0. The van der Waals surface area contributed by atoms with E-state index in [0.717, 1.165) is 25.0 Å². The Morgan fingerprint density at radius 1 is 0.810 bits per heavy atom. The lowest BCUT2D eigenvalue weighted by molar-refractivity contribution is 0.926. The van der Waals surface area contributed by atoms with Gasteiger partial charge < -0.3 is 0 Å². The molecule has 0 radical (unpaired) electrons. The summed E-state index contributed by atoms with van der Waals surface area (Å²) in [7, 11) is 0. The Kier molecular flexibility index (Phi) is 7.07. The van der Waals surface area contributed by atoms with E-state index in [1.54, 1.807) is 0 Å². The Morgan fingerprint density at radius 2 is 1.48 bits per heavy atom. The van der Waals surface area contributed by atoms with Crippen LogP contribution in [0.4, 0.5) is 0 Å². The van der Waals surface area contributed by atoms with E-state index >= 15 is 0 Å². The first-order chi connectivity index (χ1) is 10.0. The minimum atomic E-state index is 1.05. The zero-order valence-corrected chi connectivity index (χ0v) is 14.3. The lowest BCUT2D eigenvalue weighted by atomic mass is 10.0. The average molecular weight is 284 g/mol. The topological polar surface area (TPSA) is 25.8 Å². The third-order valence-electron chi connectivity index (χ3n) is 4.04. The average Bonchev–Trinajstić information content (AvgIpc) is 2.52. The van der Waals surface area contributed by atoms with Crippen molar-refractivity contribution < 1.29 is 0 Å². The van der Waals surface area contributed by atoms with Gasteiger partial charge in [-0.15, -0.1) is 0 Å². The minimum Gasteiger partial charge on any atom is -0.261 e. The Labute approximate surface area is 129 Å². The molecule has 114 valence electrons. The molecular weight excluding hydrogens is 256 g/mol. The second-order valence-corrected chi connectivity index (χ2v) is 5.29. The van der Waals surface area contributed by atoms with E-state index in [-0.39, 0.29) is 0 Å². The van der Waals surface area contributed by atoms with E-state index in [1.807, 2.05) is 25.4 Å². The van der Waals surface area contributed by atoms with Crippen LogP contribution >= 0.6 is 0 Å². The highest BCUT2D eigenvalue weighted by Crippen LogP contribution is 2.14. The lowest BCUT2D eigenvalue weighted by Crippen LogP contribution is -1.99. The van der Waals surface area contributed by atoms with Crippen LogP contribution < -0.4 is 0 Å². The number of aryl methyl sites for hydroxylation is 4. The number of aromatic nitrogens is 2. The first-order valence-electron chi connectivity index (χ1n) is 7.89. The molecule has 2 heterocycles. The zero-order chi connectivity index (χ0) is 15.8. The fourth-order valence-corrected chi connectivity index (χ4v) is 2.42. The molecule has 0 fully saturated rings. The van der Waals surface area contributed by atoms with Gasteiger partial charge in [0.25, 0.3) is 0 Å². The molecule has 2 aromatic rings. The predicted molar refractivity (Wildman–Crippen MR) is 90.8 cm³/mol. The molecule has 2 aromatic heterocycles. The normalized spacial score (nSPS) is 10.0. The van der Waals surface area contributed by atoms with E-state index in [0.29, 0.717) is 0 Å². The molecule has 0 atom stereocenters. The molecule has 2 rings (SSSR count). The summed E-state index contributed by atoms with van der Waals surface area (Å²) in [4.78, 5) is 8.52. The van der Waals surface area contributed by atoms with E-state index in [9.17, 15) is 0 Å². The number of rotatable bonds is 3. The van der Waals surface area contributed by atoms with Crippen LogP contribution in [0.5, 0.6) is 0 Å². The summed E-state index contributed by atoms with van der Waals surface area (Å²) >= 11 is 0. The van der Waals surface area contributed by atoms with Crippen LogP contribution in [0, 0.1) is 20.8 Å². The van der Waals surface area contributed by atoms with Gasteiger partial charge in [0.2, 0.25) is 0 Å². The molecular formula is C19H28N2. The second-order valence-electron chi connectivity index (χ2n) is 5.29. The largest absolute Gasteiger partial charge is 0.261 e. The molecule has 0 unspecified atom stereocenters. The Bertz CT molecular complexity index is 531. The maximum absolute atomic E-state index is 4.38. The molecule has 0 saturated carbocycles. The van der Waals surface area contributed by atoms with Gasteiger partial charge in [-0.1, -0.05) is 20.8 Å². The van der Waals surface area contributed by atoms with Crippen molar-refractivity contribution in [1.29, 1.82) is 0 Å². The van der Waals surface area contributed by atoms with E-state index in [2.05, 4.69) is 50.7 Å². The molecule has 0 aromatic carbocycles. The third kappa shape index (κ3) is 4.66. The van der Waals surface area contributed by atoms with Crippen LogP contribution in [0.3, 0.4) is 0 Å². The van der Waals surface area contributed by atoms with Gasteiger partial charge in [-0.3, -0.25) is 9.97 Å². The predicted octanol–water partition coefficient (Wildman–Crippen LogP) is 4.78. The quantitative estimate of drug-likeness (QED) is 0.811. The summed E-state index contributed by atoms with van der Waals surface area (Å²) < 4.78 is 0. The van der Waals surface area contributed by atoms with Crippen molar-refractivity contribution >= 4 is 0 Å². The summed E-state index contributed by atoms with van der Waals surface area (Å²) in [5.41, 5.74) is 7.96. The zero-order valence-electron chi connectivity index (χ0n) is 14.3. The maximum atomic E-state index is 4.38. The maximum Gasteiger partial charge on any atom is 0.0435 e. The fraction of sp³-hybridized carbons (Fsp3) is 0.474. The second kappa shape index (κ2) is 8.56. The standard InChI is InChI=1S/C11H17N.C8H11N/c1-4-9-7-8-12-11(6-3)10(9)5-2;1-6-4-5-9-8(3)7(6)2/h7-8H,4-6H2,1-3H3;4-5H,1-3H3. The van der Waals surface area contributed by atoms with Crippen LogP contribution in [0.1, 0.15) is 54.4 Å². The monoisotopic (exact) mass is 284 g/mol. The first-order valence-corrected chi connectivity index (χ1v) is 7.89. The number of hydrogen-bond donors (Lipinski definition) is 0. The van der Waals surface area contributed by atoms with Crippen molar-refractivity contribution in [2.75, 3.05) is 0 Å². The van der Waals surface area contributed by atoms with Crippen molar-refractivity contribution in [3.05, 3.63) is 58.2 Å². The van der Waals surface area contributed by atoms with Gasteiger partial charge in [0.1, 0.15) is 0 Å². The number of nitrogens with zero attached hydrogens (tertiary/aromatic N) is 2. The summed E-state index contributed by atoms with van der Waals surface area (Å²) in [5.74, 6) is 0. The summed E-state index contributed by atoms with van der Waals surface area (Å²) in [6, 6.07) is 4.17. The van der Waals surface area contributed by atoms with Crippen LogP contribution in [0.2, 0.25) is 0 Å². The van der Waals surface area contributed by atoms with E-state index in [4.69, 9.17) is 0 Å².